The largest absolute Gasteiger partial charge is 0.494 e. The first-order chi connectivity index (χ1) is 11.1. The number of nitrogens with one attached hydrogen (secondary N) is 1. The van der Waals surface area contributed by atoms with E-state index in [2.05, 4.69) is 24.4 Å². The van der Waals surface area contributed by atoms with Crippen LogP contribution in [0.3, 0.4) is 0 Å². The summed E-state index contributed by atoms with van der Waals surface area (Å²) < 4.78 is 5.66. The number of carbonyl (C=O) groups is 1. The van der Waals surface area contributed by atoms with Crippen LogP contribution >= 0.6 is 0 Å². The summed E-state index contributed by atoms with van der Waals surface area (Å²) in [6, 6.07) is 7.25. The van der Waals surface area contributed by atoms with Gasteiger partial charge in [0, 0.05) is 11.3 Å². The highest BCUT2D eigenvalue weighted by Gasteiger charge is 2.08. The molecule has 2 rings (SSSR count). The molecule has 1 amide bonds. The molecule has 0 spiro atoms. The van der Waals surface area contributed by atoms with Gasteiger partial charge >= 0.3 is 0 Å². The van der Waals surface area contributed by atoms with Crippen LogP contribution in [0.1, 0.15) is 69.2 Å². The van der Waals surface area contributed by atoms with E-state index >= 15 is 0 Å². The van der Waals surface area contributed by atoms with Crippen molar-refractivity contribution < 1.29 is 9.53 Å². The van der Waals surface area contributed by atoms with E-state index in [-0.39, 0.29) is 5.91 Å². The van der Waals surface area contributed by atoms with Crippen molar-refractivity contribution in [3.05, 3.63) is 29.8 Å². The van der Waals surface area contributed by atoms with E-state index in [0.717, 1.165) is 30.7 Å². The summed E-state index contributed by atoms with van der Waals surface area (Å²) in [7, 11) is 0. The van der Waals surface area contributed by atoms with Gasteiger partial charge in [0.05, 0.1) is 6.61 Å². The topological polar surface area (TPSA) is 50.7 Å². The van der Waals surface area contributed by atoms with E-state index in [4.69, 9.17) is 4.74 Å². The lowest BCUT2D eigenvalue weighted by Crippen LogP contribution is -2.19. The summed E-state index contributed by atoms with van der Waals surface area (Å²) in [5.74, 6) is 1.27. The molecule has 126 valence electrons. The normalized spacial score (nSPS) is 15.2. The minimum Gasteiger partial charge on any atom is -0.494 e. The number of amides is 1. The van der Waals surface area contributed by atoms with E-state index < -0.39 is 0 Å². The fourth-order valence-corrected chi connectivity index (χ4v) is 2.56. The molecule has 1 N–H and O–H groups in total. The SMILES string of the molecule is CC(C)CCOc1ccc(C(=O)NN=C2CCCCCC2)cc1. The maximum Gasteiger partial charge on any atom is 0.271 e. The Morgan fingerprint density at radius 1 is 1.13 bits per heavy atom. The van der Waals surface area contributed by atoms with Crippen LogP contribution in [-0.2, 0) is 0 Å². The van der Waals surface area contributed by atoms with Crippen molar-refractivity contribution in [1.82, 2.24) is 5.43 Å². The molecule has 0 aliphatic heterocycles. The van der Waals surface area contributed by atoms with Gasteiger partial charge in [-0.05, 0) is 62.3 Å². The number of hydrazone groups is 1. The third-order valence-electron chi connectivity index (χ3n) is 4.08. The van der Waals surface area contributed by atoms with E-state index in [1.165, 1.54) is 25.7 Å². The molecule has 0 atom stereocenters. The van der Waals surface area contributed by atoms with Gasteiger partial charge in [-0.1, -0.05) is 26.7 Å². The second kappa shape index (κ2) is 9.33. The van der Waals surface area contributed by atoms with Crippen molar-refractivity contribution in [3.8, 4) is 5.75 Å². The molecule has 4 nitrogen and oxygen atoms in total. The molecular weight excluding hydrogens is 288 g/mol. The Balaban J connectivity index is 1.83. The van der Waals surface area contributed by atoms with Gasteiger partial charge in [0.1, 0.15) is 5.75 Å². The Bertz CT molecular complexity index is 511. The quantitative estimate of drug-likeness (QED) is 0.618. The predicted molar refractivity (Wildman–Crippen MR) is 94.0 cm³/mol. The molecule has 0 unspecified atom stereocenters. The third-order valence-corrected chi connectivity index (χ3v) is 4.08. The Hall–Kier alpha value is -1.84. The maximum atomic E-state index is 12.1. The van der Waals surface area contributed by atoms with Crippen LogP contribution in [0.25, 0.3) is 0 Å². The van der Waals surface area contributed by atoms with Crippen LogP contribution in [-0.4, -0.2) is 18.2 Å². The van der Waals surface area contributed by atoms with Crippen molar-refractivity contribution in [1.29, 1.82) is 0 Å². The molecule has 1 aromatic carbocycles. The standard InChI is InChI=1S/C19H28N2O2/c1-15(2)13-14-23-18-11-9-16(10-12-18)19(22)21-20-17-7-5-3-4-6-8-17/h9-12,15H,3-8,13-14H2,1-2H3,(H,21,22). The zero-order chi connectivity index (χ0) is 16.5. The highest BCUT2D eigenvalue weighted by molar-refractivity contribution is 5.95. The number of carbonyl (C=O) groups excluding carboxylic acids is 1. The van der Waals surface area contributed by atoms with Gasteiger partial charge in [0.25, 0.3) is 5.91 Å². The van der Waals surface area contributed by atoms with Crippen LogP contribution in [0.15, 0.2) is 29.4 Å². The Morgan fingerprint density at radius 3 is 2.39 bits per heavy atom. The lowest BCUT2D eigenvalue weighted by atomic mass is 10.1. The lowest BCUT2D eigenvalue weighted by Gasteiger charge is -2.08. The first-order valence-electron chi connectivity index (χ1n) is 8.74. The zero-order valence-corrected chi connectivity index (χ0v) is 14.3. The van der Waals surface area contributed by atoms with Crippen molar-refractivity contribution in [2.24, 2.45) is 11.0 Å². The molecule has 1 saturated carbocycles. The van der Waals surface area contributed by atoms with Crippen LogP contribution in [0.2, 0.25) is 0 Å². The predicted octanol–water partition coefficient (Wildman–Crippen LogP) is 4.55. The second-order valence-electron chi connectivity index (χ2n) is 6.59. The number of ether oxygens (including phenoxy) is 1. The fourth-order valence-electron chi connectivity index (χ4n) is 2.56. The lowest BCUT2D eigenvalue weighted by molar-refractivity contribution is 0.0954. The van der Waals surface area contributed by atoms with Gasteiger partial charge < -0.3 is 4.74 Å². The molecule has 0 heterocycles. The second-order valence-corrected chi connectivity index (χ2v) is 6.59. The Labute approximate surface area is 139 Å². The number of hydrogen-bond acceptors (Lipinski definition) is 3. The molecule has 1 aliphatic rings. The molecule has 0 radical (unpaired) electrons. The molecule has 1 fully saturated rings. The third kappa shape index (κ3) is 6.43. The maximum absolute atomic E-state index is 12.1. The molecule has 0 saturated heterocycles. The van der Waals surface area contributed by atoms with E-state index in [0.29, 0.717) is 18.1 Å². The van der Waals surface area contributed by atoms with Crippen molar-refractivity contribution in [2.45, 2.75) is 58.8 Å². The molecule has 0 bridgehead atoms. The van der Waals surface area contributed by atoms with Gasteiger partial charge in [0.15, 0.2) is 0 Å². The van der Waals surface area contributed by atoms with Crippen molar-refractivity contribution in [2.75, 3.05) is 6.61 Å². The van der Waals surface area contributed by atoms with Crippen LogP contribution < -0.4 is 10.2 Å². The summed E-state index contributed by atoms with van der Waals surface area (Å²) in [4.78, 5) is 12.1. The Kier molecular flexibility index (Phi) is 7.11. The average molecular weight is 316 g/mol. The summed E-state index contributed by atoms with van der Waals surface area (Å²) in [6.45, 7) is 5.05. The molecule has 4 heteroatoms. The molecular formula is C19H28N2O2. The van der Waals surface area contributed by atoms with Gasteiger partial charge in [-0.2, -0.15) is 5.10 Å². The van der Waals surface area contributed by atoms with Gasteiger partial charge in [-0.3, -0.25) is 4.79 Å². The van der Waals surface area contributed by atoms with Gasteiger partial charge in [0.2, 0.25) is 0 Å². The first-order valence-corrected chi connectivity index (χ1v) is 8.74. The fraction of sp³-hybridized carbons (Fsp3) is 0.579. The van der Waals surface area contributed by atoms with E-state index in [1.54, 1.807) is 12.1 Å². The average Bonchev–Trinajstić information content (AvgIpc) is 2.81. The zero-order valence-electron chi connectivity index (χ0n) is 14.3. The van der Waals surface area contributed by atoms with Crippen LogP contribution in [0, 0.1) is 5.92 Å². The summed E-state index contributed by atoms with van der Waals surface area (Å²) in [6.07, 6.45) is 7.93. The van der Waals surface area contributed by atoms with Gasteiger partial charge in [-0.15, -0.1) is 0 Å². The van der Waals surface area contributed by atoms with Crippen molar-refractivity contribution >= 4 is 11.6 Å². The number of benzene rings is 1. The van der Waals surface area contributed by atoms with Crippen LogP contribution in [0.4, 0.5) is 0 Å². The van der Waals surface area contributed by atoms with E-state index in [1.807, 2.05) is 12.1 Å². The first kappa shape index (κ1) is 17.5. The molecule has 1 aromatic rings. The highest BCUT2D eigenvalue weighted by atomic mass is 16.5. The number of hydrogen-bond donors (Lipinski definition) is 1. The van der Waals surface area contributed by atoms with E-state index in [9.17, 15) is 4.79 Å². The summed E-state index contributed by atoms with van der Waals surface area (Å²) >= 11 is 0. The molecule has 0 aromatic heterocycles. The Morgan fingerprint density at radius 2 is 1.78 bits per heavy atom. The molecule has 1 aliphatic carbocycles. The van der Waals surface area contributed by atoms with Crippen LogP contribution in [0.5, 0.6) is 5.75 Å². The van der Waals surface area contributed by atoms with Gasteiger partial charge in [-0.25, -0.2) is 5.43 Å². The summed E-state index contributed by atoms with van der Waals surface area (Å²) in [5, 5.41) is 4.30. The van der Waals surface area contributed by atoms with Crippen molar-refractivity contribution in [3.63, 3.8) is 0 Å². The smallest absolute Gasteiger partial charge is 0.271 e. The highest BCUT2D eigenvalue weighted by Crippen LogP contribution is 2.15. The summed E-state index contributed by atoms with van der Waals surface area (Å²) in [5.41, 5.74) is 4.41. The minimum absolute atomic E-state index is 0.157. The number of nitrogens with zero attached hydrogens (tertiary/aromatic N) is 1. The number of rotatable bonds is 6. The minimum atomic E-state index is -0.157. The molecule has 23 heavy (non-hydrogen) atoms. The monoisotopic (exact) mass is 316 g/mol.